The van der Waals surface area contributed by atoms with Crippen molar-refractivity contribution >= 4 is 88.7 Å². The van der Waals surface area contributed by atoms with Crippen LogP contribution in [0.1, 0.15) is 35.1 Å². The number of hydrogen-bond donors (Lipinski definition) is 2. The van der Waals surface area contributed by atoms with E-state index in [0.29, 0.717) is 20.6 Å². The molecule has 8 aromatic rings. The Labute approximate surface area is 339 Å². The van der Waals surface area contributed by atoms with E-state index in [0.717, 1.165) is 52.7 Å². The van der Waals surface area contributed by atoms with Gasteiger partial charge >= 0.3 is 0 Å². The second-order valence-corrected chi connectivity index (χ2v) is 17.2. The van der Waals surface area contributed by atoms with Crippen LogP contribution in [0, 0.1) is 27.7 Å². The number of carbonyl (C=O) groups is 2. The molecule has 278 valence electrons. The Bertz CT molecular complexity index is 2760. The number of benzene rings is 4. The Morgan fingerprint density at radius 2 is 1.11 bits per heavy atom. The Morgan fingerprint density at radius 3 is 1.64 bits per heavy atom. The van der Waals surface area contributed by atoms with E-state index in [1.807, 2.05) is 48.5 Å². The van der Waals surface area contributed by atoms with Crippen molar-refractivity contribution in [3.63, 3.8) is 0 Å². The minimum Gasteiger partial charge on any atom is -0.302 e. The summed E-state index contributed by atoms with van der Waals surface area (Å²) in [5.41, 5.74) is 9.84. The van der Waals surface area contributed by atoms with Gasteiger partial charge in [-0.05, 0) is 122 Å². The van der Waals surface area contributed by atoms with Crippen LogP contribution in [0.15, 0.2) is 117 Å². The third-order valence-electron chi connectivity index (χ3n) is 9.00. The van der Waals surface area contributed by atoms with E-state index >= 15 is 0 Å². The van der Waals surface area contributed by atoms with E-state index in [1.165, 1.54) is 56.7 Å². The Hall–Kier alpha value is -5.54. The molecule has 0 aliphatic heterocycles. The lowest BCUT2D eigenvalue weighted by Gasteiger charge is -2.08. The fourth-order valence-electron chi connectivity index (χ4n) is 5.90. The Balaban J connectivity index is 0.864. The zero-order valence-corrected chi connectivity index (χ0v) is 34.1. The molecule has 4 aromatic carbocycles. The van der Waals surface area contributed by atoms with Crippen molar-refractivity contribution in [1.82, 2.24) is 29.9 Å². The molecule has 2 N–H and O–H groups in total. The van der Waals surface area contributed by atoms with Crippen LogP contribution >= 0.6 is 46.2 Å². The summed E-state index contributed by atoms with van der Waals surface area (Å²) in [5, 5.41) is 8.00. The molecule has 4 heterocycles. The van der Waals surface area contributed by atoms with Crippen molar-refractivity contribution in [2.24, 2.45) is 0 Å². The average molecular weight is 811 g/mol. The van der Waals surface area contributed by atoms with Gasteiger partial charge in [-0.25, -0.2) is 29.9 Å². The van der Waals surface area contributed by atoms with Crippen LogP contribution in [0.5, 0.6) is 0 Å². The lowest BCUT2D eigenvalue weighted by molar-refractivity contribution is -0.121. The highest BCUT2D eigenvalue weighted by Gasteiger charge is 2.15. The van der Waals surface area contributed by atoms with Crippen LogP contribution in [-0.2, 0) is 9.59 Å². The minimum atomic E-state index is -0.294. The third-order valence-corrected chi connectivity index (χ3v) is 13.0. The molecule has 14 heteroatoms. The third kappa shape index (κ3) is 8.63. The molecule has 0 radical (unpaired) electrons. The van der Waals surface area contributed by atoms with Crippen LogP contribution < -0.4 is 10.6 Å². The molecule has 4 aromatic heterocycles. The predicted octanol–water partition coefficient (Wildman–Crippen LogP) is 10.7. The Morgan fingerprint density at radius 1 is 0.571 bits per heavy atom. The number of thiazole rings is 2. The molecule has 0 spiro atoms. The molecule has 10 nitrogen and oxygen atoms in total. The summed E-state index contributed by atoms with van der Waals surface area (Å²) in [6.45, 7) is 8.37. The molecule has 8 rings (SSSR count). The zero-order chi connectivity index (χ0) is 38.8. The molecule has 2 amide bonds. The number of fused-ring (bicyclic) bond motifs is 2. The first-order valence-electron chi connectivity index (χ1n) is 17.7. The van der Waals surface area contributed by atoms with Crippen molar-refractivity contribution in [3.8, 4) is 22.5 Å². The molecule has 0 saturated heterocycles. The van der Waals surface area contributed by atoms with Gasteiger partial charge in [0.25, 0.3) is 0 Å². The molecule has 0 unspecified atom stereocenters. The summed E-state index contributed by atoms with van der Waals surface area (Å²) in [4.78, 5) is 55.7. The summed E-state index contributed by atoms with van der Waals surface area (Å²) >= 11 is 5.83. The maximum Gasteiger partial charge on any atom is 0.226 e. The monoisotopic (exact) mass is 810 g/mol. The van der Waals surface area contributed by atoms with Crippen molar-refractivity contribution in [3.05, 3.63) is 120 Å². The maximum absolute atomic E-state index is 12.9. The van der Waals surface area contributed by atoms with E-state index in [2.05, 4.69) is 94.7 Å². The van der Waals surface area contributed by atoms with Gasteiger partial charge in [0.1, 0.15) is 0 Å². The van der Waals surface area contributed by atoms with Crippen LogP contribution in [0.25, 0.3) is 42.9 Å². The highest BCUT2D eigenvalue weighted by atomic mass is 32.2. The number of carbonyl (C=O) groups excluding carboxylic acids is 2. The number of aryl methyl sites for hydroxylation is 4. The Kier molecular flexibility index (Phi) is 10.9. The molecular weight excluding hydrogens is 777 g/mol. The van der Waals surface area contributed by atoms with Gasteiger partial charge in [0.15, 0.2) is 20.6 Å². The number of hydrogen-bond acceptors (Lipinski definition) is 12. The average Bonchev–Trinajstić information content (AvgIpc) is 3.79. The summed E-state index contributed by atoms with van der Waals surface area (Å²) in [6, 6.07) is 28.1. The highest BCUT2D eigenvalue weighted by Crippen LogP contribution is 2.35. The number of rotatable bonds is 11. The molecule has 0 bridgehead atoms. The van der Waals surface area contributed by atoms with Crippen molar-refractivity contribution in [1.29, 1.82) is 0 Å². The largest absolute Gasteiger partial charge is 0.302 e. The second-order valence-electron chi connectivity index (χ2n) is 13.1. The smallest absolute Gasteiger partial charge is 0.226 e. The van der Waals surface area contributed by atoms with E-state index in [-0.39, 0.29) is 24.7 Å². The van der Waals surface area contributed by atoms with Gasteiger partial charge < -0.3 is 10.6 Å². The topological polar surface area (TPSA) is 136 Å². The normalized spacial score (nSPS) is 11.3. The van der Waals surface area contributed by atoms with Crippen molar-refractivity contribution < 1.29 is 9.59 Å². The molecule has 0 saturated carbocycles. The van der Waals surface area contributed by atoms with E-state index in [1.54, 1.807) is 24.2 Å². The molecule has 0 aliphatic carbocycles. The summed E-state index contributed by atoms with van der Waals surface area (Å²) in [5.74, 6) is -0.589. The molecule has 56 heavy (non-hydrogen) atoms. The lowest BCUT2D eigenvalue weighted by atomic mass is 10.1. The van der Waals surface area contributed by atoms with Crippen LogP contribution in [-0.4, -0.2) is 41.7 Å². The minimum absolute atomic E-state index is 0.00000780. The van der Waals surface area contributed by atoms with E-state index < -0.39 is 0 Å². The van der Waals surface area contributed by atoms with Gasteiger partial charge in [0.2, 0.25) is 11.8 Å². The van der Waals surface area contributed by atoms with E-state index in [9.17, 15) is 9.59 Å². The quantitative estimate of drug-likeness (QED) is 0.122. The number of aromatic nitrogens is 6. The van der Waals surface area contributed by atoms with Crippen LogP contribution in [0.2, 0.25) is 0 Å². The summed E-state index contributed by atoms with van der Waals surface area (Å²) in [6.07, 6.45) is 3.54. The second kappa shape index (κ2) is 16.3. The molecule has 0 aliphatic rings. The zero-order valence-electron chi connectivity index (χ0n) is 30.8. The molecule has 0 atom stereocenters. The van der Waals surface area contributed by atoms with Gasteiger partial charge in [-0.2, -0.15) is 0 Å². The molecular formula is C42H34N8O2S4. The van der Waals surface area contributed by atoms with Crippen LogP contribution in [0.3, 0.4) is 0 Å². The van der Waals surface area contributed by atoms with Crippen molar-refractivity contribution in [2.45, 2.75) is 60.6 Å². The fraction of sp³-hybridized carbons (Fsp3) is 0.143. The van der Waals surface area contributed by atoms with Crippen molar-refractivity contribution in [2.75, 3.05) is 10.6 Å². The number of nitrogens with zero attached hydrogens (tertiary/aromatic N) is 6. The molecule has 0 fully saturated rings. The predicted molar refractivity (Wildman–Crippen MR) is 228 cm³/mol. The van der Waals surface area contributed by atoms with Gasteiger partial charge in [0, 0.05) is 46.2 Å². The van der Waals surface area contributed by atoms with Gasteiger partial charge in [0.05, 0.1) is 31.8 Å². The summed E-state index contributed by atoms with van der Waals surface area (Å²) in [7, 11) is 0. The summed E-state index contributed by atoms with van der Waals surface area (Å²) < 4.78 is 1.82. The first-order valence-corrected chi connectivity index (χ1v) is 21.0. The van der Waals surface area contributed by atoms with Gasteiger partial charge in [-0.1, -0.05) is 59.1 Å². The lowest BCUT2D eigenvalue weighted by Crippen LogP contribution is -2.17. The van der Waals surface area contributed by atoms with Crippen LogP contribution in [0.4, 0.5) is 10.3 Å². The first-order chi connectivity index (χ1) is 27.1. The first kappa shape index (κ1) is 37.4. The SMILES string of the molecule is Cc1ccc(Sc2nccc(-c3ccc4nc(NC(=O)CCC(=O)Nc5nc6ccc(-c7ccnc(Sc8c(C)cccc8C)n7)cc6s5)sc4c3)n2)cc1C. The fourth-order valence-corrected chi connectivity index (χ4v) is 9.48. The number of anilines is 2. The number of nitrogens with one attached hydrogen (secondary N) is 2. The van der Waals surface area contributed by atoms with E-state index in [4.69, 9.17) is 9.97 Å². The highest BCUT2D eigenvalue weighted by molar-refractivity contribution is 7.99. The number of amides is 2. The maximum atomic E-state index is 12.9. The standard InChI is InChI=1S/C42H34N8O2S4/c1-23-8-11-29(20-26(23)4)53-39-43-18-16-30(45-39)27-9-12-32-34(21-27)54-41(47-32)49-36(51)14-15-37(52)50-42-48-33-13-10-28(22-35(33)55-42)31-17-19-44-40(46-31)56-38-24(2)6-5-7-25(38)3/h5-13,16-22H,14-15H2,1-4H3,(H,47,49,51)(H,48,50,52). The van der Waals surface area contributed by atoms with Gasteiger partial charge in [-0.15, -0.1) is 0 Å². The van der Waals surface area contributed by atoms with Gasteiger partial charge in [-0.3, -0.25) is 9.59 Å².